The molecule has 1 fully saturated rings. The number of hydrogen-bond donors (Lipinski definition) is 3. The Labute approximate surface area is 124 Å². The second kappa shape index (κ2) is 6.60. The molecule has 0 saturated heterocycles. The Morgan fingerprint density at radius 1 is 1.35 bits per heavy atom. The number of hydrogen-bond acceptors (Lipinski definition) is 4. The molecule has 1 aromatic rings. The van der Waals surface area contributed by atoms with Crippen LogP contribution in [-0.2, 0) is 0 Å². The number of nitrogens with zero attached hydrogens (tertiary/aromatic N) is 3. The molecule has 20 heavy (non-hydrogen) atoms. The summed E-state index contributed by atoms with van der Waals surface area (Å²) in [6.07, 6.45) is 2.24. The van der Waals surface area contributed by atoms with Crippen molar-refractivity contribution in [3.63, 3.8) is 0 Å². The smallest absolute Gasteiger partial charge is 0.229 e. The van der Waals surface area contributed by atoms with E-state index in [1.807, 2.05) is 26.8 Å². The van der Waals surface area contributed by atoms with E-state index in [0.29, 0.717) is 23.1 Å². The molecule has 0 unspecified atom stereocenters. The van der Waals surface area contributed by atoms with Gasteiger partial charge in [-0.15, -0.1) is 0 Å². The number of thiocarbonyl (C=S) groups is 1. The molecule has 6 nitrogen and oxygen atoms in total. The minimum atomic E-state index is 0.375. The molecule has 0 bridgehead atoms. The third-order valence-corrected chi connectivity index (χ3v) is 2.89. The lowest BCUT2D eigenvalue weighted by atomic mass is 10.4. The Hall–Kier alpha value is -1.76. The summed E-state index contributed by atoms with van der Waals surface area (Å²) in [5.41, 5.74) is 1.83. The molecule has 3 N–H and O–H groups in total. The van der Waals surface area contributed by atoms with Crippen molar-refractivity contribution in [2.75, 3.05) is 11.9 Å². The van der Waals surface area contributed by atoms with Gasteiger partial charge in [0.2, 0.25) is 11.9 Å². The van der Waals surface area contributed by atoms with Crippen LogP contribution in [0.3, 0.4) is 0 Å². The van der Waals surface area contributed by atoms with Crippen LogP contribution in [-0.4, -0.2) is 33.6 Å². The van der Waals surface area contributed by atoms with E-state index in [4.69, 9.17) is 12.2 Å². The number of guanidine groups is 1. The minimum Gasteiger partial charge on any atom is -0.363 e. The van der Waals surface area contributed by atoms with Crippen molar-refractivity contribution < 1.29 is 0 Å². The Morgan fingerprint density at radius 3 is 2.55 bits per heavy atom. The quantitative estimate of drug-likeness (QED) is 0.445. The average molecular weight is 292 g/mol. The van der Waals surface area contributed by atoms with Crippen LogP contribution in [0.2, 0.25) is 0 Å². The van der Waals surface area contributed by atoms with Gasteiger partial charge in [-0.3, -0.25) is 5.32 Å². The monoisotopic (exact) mass is 292 g/mol. The van der Waals surface area contributed by atoms with Gasteiger partial charge in [-0.1, -0.05) is 0 Å². The molecule has 0 spiro atoms. The number of anilines is 1. The Morgan fingerprint density at radius 2 is 2.00 bits per heavy atom. The third-order valence-electron chi connectivity index (χ3n) is 2.64. The molecule has 2 rings (SSSR count). The van der Waals surface area contributed by atoms with Gasteiger partial charge in [-0.25, -0.2) is 15.0 Å². The molecule has 0 aliphatic heterocycles. The molecule has 1 aromatic heterocycles. The van der Waals surface area contributed by atoms with Crippen LogP contribution in [0.25, 0.3) is 0 Å². The molecule has 0 amide bonds. The topological polar surface area (TPSA) is 74.2 Å². The molecule has 0 radical (unpaired) electrons. The van der Waals surface area contributed by atoms with E-state index in [2.05, 4.69) is 30.9 Å². The van der Waals surface area contributed by atoms with Gasteiger partial charge < -0.3 is 10.6 Å². The molecule has 1 aliphatic rings. The zero-order chi connectivity index (χ0) is 14.5. The van der Waals surface area contributed by atoms with E-state index in [1.165, 1.54) is 0 Å². The number of aliphatic imine (C=N–C) groups is 1. The fourth-order valence-electron chi connectivity index (χ4n) is 1.68. The summed E-state index contributed by atoms with van der Waals surface area (Å²) >= 11 is 5.19. The molecular weight excluding hydrogens is 272 g/mol. The summed E-state index contributed by atoms with van der Waals surface area (Å²) in [5.74, 6) is 1.14. The highest BCUT2D eigenvalue weighted by atomic mass is 32.1. The second-order valence-electron chi connectivity index (χ2n) is 4.79. The van der Waals surface area contributed by atoms with E-state index in [9.17, 15) is 0 Å². The van der Waals surface area contributed by atoms with Crippen molar-refractivity contribution in [2.24, 2.45) is 4.99 Å². The van der Waals surface area contributed by atoms with Gasteiger partial charge in [0, 0.05) is 17.9 Å². The first kappa shape index (κ1) is 14.6. The lowest BCUT2D eigenvalue weighted by molar-refractivity contribution is 0.947. The van der Waals surface area contributed by atoms with E-state index >= 15 is 0 Å². The van der Waals surface area contributed by atoms with Crippen LogP contribution in [0.1, 0.15) is 31.2 Å². The Bertz CT molecular complexity index is 503. The highest BCUT2D eigenvalue weighted by Gasteiger charge is 2.21. The van der Waals surface area contributed by atoms with Crippen molar-refractivity contribution >= 4 is 29.2 Å². The molecule has 1 saturated carbocycles. The predicted molar refractivity (Wildman–Crippen MR) is 85.0 cm³/mol. The van der Waals surface area contributed by atoms with Crippen molar-refractivity contribution in [1.82, 2.24) is 20.6 Å². The number of nitrogens with one attached hydrogen (secondary N) is 3. The molecule has 1 aliphatic carbocycles. The van der Waals surface area contributed by atoms with Crippen LogP contribution in [0, 0.1) is 13.8 Å². The fraction of sp³-hybridized carbons (Fsp3) is 0.538. The van der Waals surface area contributed by atoms with Gasteiger partial charge in [-0.05, 0) is 51.9 Å². The summed E-state index contributed by atoms with van der Waals surface area (Å²) in [7, 11) is 0. The van der Waals surface area contributed by atoms with Crippen molar-refractivity contribution in [3.8, 4) is 0 Å². The fourth-order valence-corrected chi connectivity index (χ4v) is 1.92. The zero-order valence-corrected chi connectivity index (χ0v) is 12.8. The van der Waals surface area contributed by atoms with E-state index in [-0.39, 0.29) is 0 Å². The molecule has 1 heterocycles. The maximum atomic E-state index is 5.19. The summed E-state index contributed by atoms with van der Waals surface area (Å²) in [5, 5.41) is 9.75. The summed E-state index contributed by atoms with van der Waals surface area (Å²) in [6, 6.07) is 2.31. The second-order valence-corrected chi connectivity index (χ2v) is 5.20. The van der Waals surface area contributed by atoms with Crippen LogP contribution < -0.4 is 16.0 Å². The molecular formula is C13H20N6S. The molecule has 0 atom stereocenters. The highest BCUT2D eigenvalue weighted by Crippen LogP contribution is 2.23. The van der Waals surface area contributed by atoms with E-state index in [0.717, 1.165) is 30.8 Å². The normalized spacial score (nSPS) is 14.8. The van der Waals surface area contributed by atoms with Crippen molar-refractivity contribution in [1.29, 1.82) is 0 Å². The van der Waals surface area contributed by atoms with Gasteiger partial charge in [0.25, 0.3) is 0 Å². The number of rotatable bonds is 3. The summed E-state index contributed by atoms with van der Waals surface area (Å²) in [6.45, 7) is 6.64. The van der Waals surface area contributed by atoms with Crippen LogP contribution in [0.15, 0.2) is 11.1 Å². The maximum Gasteiger partial charge on any atom is 0.229 e. The van der Waals surface area contributed by atoms with Crippen LogP contribution >= 0.6 is 12.2 Å². The van der Waals surface area contributed by atoms with Crippen molar-refractivity contribution in [2.45, 2.75) is 39.7 Å². The van der Waals surface area contributed by atoms with Gasteiger partial charge in [-0.2, -0.15) is 0 Å². The maximum absolute atomic E-state index is 5.19. The lowest BCUT2D eigenvalue weighted by Crippen LogP contribution is -2.43. The van der Waals surface area contributed by atoms with Gasteiger partial charge in [0.15, 0.2) is 5.11 Å². The number of aryl methyl sites for hydroxylation is 2. The molecule has 0 aromatic carbocycles. The van der Waals surface area contributed by atoms with Gasteiger partial charge >= 0.3 is 0 Å². The standard InChI is InChI=1S/C13H20N6S/c1-4-14-13(20)19-12(17-10-5-6-10)18-11-15-8(2)7-9(3)16-11/h7,10H,4-6H2,1-3H3,(H3,14,15,16,17,18,19,20). The average Bonchev–Trinajstić information content (AvgIpc) is 3.11. The minimum absolute atomic E-state index is 0.375. The lowest BCUT2D eigenvalue weighted by Gasteiger charge is -2.13. The third kappa shape index (κ3) is 4.73. The molecule has 7 heteroatoms. The van der Waals surface area contributed by atoms with E-state index < -0.39 is 0 Å². The zero-order valence-electron chi connectivity index (χ0n) is 12.0. The summed E-state index contributed by atoms with van der Waals surface area (Å²) in [4.78, 5) is 13.2. The Balaban J connectivity index is 2.08. The van der Waals surface area contributed by atoms with Gasteiger partial charge in [0.1, 0.15) is 0 Å². The highest BCUT2D eigenvalue weighted by molar-refractivity contribution is 7.80. The first-order valence-corrected chi connectivity index (χ1v) is 7.19. The van der Waals surface area contributed by atoms with Crippen molar-refractivity contribution in [3.05, 3.63) is 17.5 Å². The Kier molecular flexibility index (Phi) is 4.84. The first-order valence-electron chi connectivity index (χ1n) is 6.78. The largest absolute Gasteiger partial charge is 0.363 e. The SMILES string of the molecule is CCNC(=S)NC(=NC1CC1)Nc1nc(C)cc(C)n1. The van der Waals surface area contributed by atoms with Gasteiger partial charge in [0.05, 0.1) is 6.04 Å². The predicted octanol–water partition coefficient (Wildman–Crippen LogP) is 1.51. The number of aromatic nitrogens is 2. The van der Waals surface area contributed by atoms with Crippen LogP contribution in [0.4, 0.5) is 5.95 Å². The van der Waals surface area contributed by atoms with Crippen LogP contribution in [0.5, 0.6) is 0 Å². The molecule has 108 valence electrons. The first-order chi connectivity index (χ1) is 9.56. The van der Waals surface area contributed by atoms with E-state index in [1.54, 1.807) is 0 Å². The summed E-state index contributed by atoms with van der Waals surface area (Å²) < 4.78 is 0.